The van der Waals surface area contributed by atoms with Crippen LogP contribution in [0.1, 0.15) is 26.7 Å². The highest BCUT2D eigenvalue weighted by Gasteiger charge is 2.22. The molecule has 0 aromatic carbocycles. The molecule has 0 radical (unpaired) electrons. The number of hydrogen-bond donors (Lipinski definition) is 0. The summed E-state index contributed by atoms with van der Waals surface area (Å²) in [5.74, 6) is 1.09. The van der Waals surface area contributed by atoms with Crippen LogP contribution in [-0.2, 0) is 6.42 Å². The zero-order valence-corrected chi connectivity index (χ0v) is 13.9. The lowest BCUT2D eigenvalue weighted by Crippen LogP contribution is -2.49. The fourth-order valence-corrected chi connectivity index (χ4v) is 3.55. The standard InChI is InChI=1S/C16H21N3O2S/c1-12-14(13(2)21-17-12)5-6-18-7-9-19(10-8-18)16(20)15-4-3-11-22-15/h3-4,11H,5-10H2,1-2H3. The quantitative estimate of drug-likeness (QED) is 0.868. The SMILES string of the molecule is Cc1noc(C)c1CCN1CCN(C(=O)c2cccs2)CC1. The molecule has 3 rings (SSSR count). The van der Waals surface area contributed by atoms with E-state index < -0.39 is 0 Å². The number of aromatic nitrogens is 1. The Hall–Kier alpha value is -1.66. The summed E-state index contributed by atoms with van der Waals surface area (Å²) in [6.07, 6.45) is 0.958. The highest BCUT2D eigenvalue weighted by atomic mass is 32.1. The minimum atomic E-state index is 0.167. The Kier molecular flexibility index (Phi) is 4.59. The Balaban J connectivity index is 1.49. The second-order valence-electron chi connectivity index (χ2n) is 5.66. The van der Waals surface area contributed by atoms with Gasteiger partial charge in [-0.15, -0.1) is 11.3 Å². The zero-order valence-electron chi connectivity index (χ0n) is 13.0. The summed E-state index contributed by atoms with van der Waals surface area (Å²) in [5.41, 5.74) is 2.21. The van der Waals surface area contributed by atoms with Gasteiger partial charge in [-0.05, 0) is 31.7 Å². The van der Waals surface area contributed by atoms with E-state index in [1.807, 2.05) is 36.3 Å². The molecule has 1 amide bonds. The number of piperazine rings is 1. The van der Waals surface area contributed by atoms with E-state index in [9.17, 15) is 4.79 Å². The molecule has 6 heteroatoms. The number of carbonyl (C=O) groups excluding carboxylic acids is 1. The molecular formula is C16H21N3O2S. The molecule has 1 aliphatic heterocycles. The molecule has 3 heterocycles. The van der Waals surface area contributed by atoms with E-state index in [1.54, 1.807) is 0 Å². The highest BCUT2D eigenvalue weighted by Crippen LogP contribution is 2.16. The lowest BCUT2D eigenvalue weighted by molar-refractivity contribution is 0.0643. The number of aryl methyl sites for hydroxylation is 2. The summed E-state index contributed by atoms with van der Waals surface area (Å²) in [6.45, 7) is 8.41. The first kappa shape index (κ1) is 15.2. The second kappa shape index (κ2) is 6.62. The third-order valence-corrected chi connectivity index (χ3v) is 5.11. The molecule has 1 fully saturated rings. The van der Waals surface area contributed by atoms with Gasteiger partial charge >= 0.3 is 0 Å². The van der Waals surface area contributed by atoms with Gasteiger partial charge < -0.3 is 9.42 Å². The minimum Gasteiger partial charge on any atom is -0.361 e. The van der Waals surface area contributed by atoms with Crippen LogP contribution < -0.4 is 0 Å². The van der Waals surface area contributed by atoms with E-state index in [-0.39, 0.29) is 5.91 Å². The number of nitrogens with zero attached hydrogens (tertiary/aromatic N) is 3. The van der Waals surface area contributed by atoms with Crippen molar-refractivity contribution in [3.8, 4) is 0 Å². The molecule has 0 unspecified atom stereocenters. The van der Waals surface area contributed by atoms with Crippen molar-refractivity contribution < 1.29 is 9.32 Å². The summed E-state index contributed by atoms with van der Waals surface area (Å²) >= 11 is 1.52. The van der Waals surface area contributed by atoms with Gasteiger partial charge in [0.25, 0.3) is 5.91 Å². The maximum Gasteiger partial charge on any atom is 0.264 e. The van der Waals surface area contributed by atoms with Crippen LogP contribution in [0.5, 0.6) is 0 Å². The number of thiophene rings is 1. The number of carbonyl (C=O) groups is 1. The molecule has 0 aliphatic carbocycles. The molecule has 118 valence electrons. The van der Waals surface area contributed by atoms with Crippen LogP contribution in [-0.4, -0.2) is 53.6 Å². The maximum absolute atomic E-state index is 12.3. The van der Waals surface area contributed by atoms with Crippen molar-refractivity contribution in [1.29, 1.82) is 0 Å². The number of rotatable bonds is 4. The predicted octanol–water partition coefficient (Wildman–Crippen LogP) is 2.35. The number of amides is 1. The van der Waals surface area contributed by atoms with E-state index in [1.165, 1.54) is 16.9 Å². The van der Waals surface area contributed by atoms with Crippen molar-refractivity contribution in [1.82, 2.24) is 15.0 Å². The van der Waals surface area contributed by atoms with Crippen molar-refractivity contribution in [3.05, 3.63) is 39.4 Å². The van der Waals surface area contributed by atoms with Gasteiger partial charge in [-0.2, -0.15) is 0 Å². The van der Waals surface area contributed by atoms with Crippen LogP contribution in [0.3, 0.4) is 0 Å². The molecule has 22 heavy (non-hydrogen) atoms. The zero-order chi connectivity index (χ0) is 15.5. The van der Waals surface area contributed by atoms with Crippen molar-refractivity contribution in [2.75, 3.05) is 32.7 Å². The fraction of sp³-hybridized carbons (Fsp3) is 0.500. The maximum atomic E-state index is 12.3. The Bertz CT molecular complexity index is 608. The van der Waals surface area contributed by atoms with Gasteiger partial charge in [0.2, 0.25) is 0 Å². The van der Waals surface area contributed by atoms with Gasteiger partial charge in [0.15, 0.2) is 0 Å². The average molecular weight is 319 g/mol. The first-order valence-electron chi connectivity index (χ1n) is 7.62. The Morgan fingerprint density at radius 1 is 1.32 bits per heavy atom. The topological polar surface area (TPSA) is 49.6 Å². The molecule has 0 bridgehead atoms. The smallest absolute Gasteiger partial charge is 0.264 e. The summed E-state index contributed by atoms with van der Waals surface area (Å²) in [5, 5.41) is 5.95. The van der Waals surface area contributed by atoms with E-state index in [0.717, 1.165) is 55.5 Å². The predicted molar refractivity (Wildman–Crippen MR) is 86.3 cm³/mol. The third kappa shape index (κ3) is 3.23. The van der Waals surface area contributed by atoms with Crippen molar-refractivity contribution in [2.24, 2.45) is 0 Å². The van der Waals surface area contributed by atoms with E-state index in [4.69, 9.17) is 4.52 Å². The highest BCUT2D eigenvalue weighted by molar-refractivity contribution is 7.12. The molecule has 0 N–H and O–H groups in total. The second-order valence-corrected chi connectivity index (χ2v) is 6.61. The first-order chi connectivity index (χ1) is 10.6. The number of hydrogen-bond acceptors (Lipinski definition) is 5. The third-order valence-electron chi connectivity index (χ3n) is 4.25. The monoisotopic (exact) mass is 319 g/mol. The summed E-state index contributed by atoms with van der Waals surface area (Å²) < 4.78 is 5.20. The lowest BCUT2D eigenvalue weighted by atomic mass is 10.1. The van der Waals surface area contributed by atoms with Crippen molar-refractivity contribution in [3.63, 3.8) is 0 Å². The molecule has 0 saturated carbocycles. The fourth-order valence-electron chi connectivity index (χ4n) is 2.86. The Labute approximate surface area is 134 Å². The van der Waals surface area contributed by atoms with Gasteiger partial charge in [0.1, 0.15) is 5.76 Å². The summed E-state index contributed by atoms with van der Waals surface area (Å²) in [4.78, 5) is 17.5. The van der Waals surface area contributed by atoms with Gasteiger partial charge in [0.05, 0.1) is 10.6 Å². The molecule has 0 atom stereocenters. The van der Waals surface area contributed by atoms with Crippen molar-refractivity contribution >= 4 is 17.2 Å². The van der Waals surface area contributed by atoms with E-state index in [0.29, 0.717) is 0 Å². The Morgan fingerprint density at radius 2 is 2.09 bits per heavy atom. The summed E-state index contributed by atoms with van der Waals surface area (Å²) in [7, 11) is 0. The lowest BCUT2D eigenvalue weighted by Gasteiger charge is -2.34. The van der Waals surface area contributed by atoms with Crippen LogP contribution in [0.2, 0.25) is 0 Å². The first-order valence-corrected chi connectivity index (χ1v) is 8.50. The molecule has 5 nitrogen and oxygen atoms in total. The van der Waals surface area contributed by atoms with Crippen LogP contribution in [0.4, 0.5) is 0 Å². The molecule has 2 aromatic heterocycles. The van der Waals surface area contributed by atoms with Gasteiger partial charge in [0, 0.05) is 38.3 Å². The van der Waals surface area contributed by atoms with Crippen LogP contribution >= 0.6 is 11.3 Å². The van der Waals surface area contributed by atoms with E-state index in [2.05, 4.69) is 10.1 Å². The van der Waals surface area contributed by atoms with Gasteiger partial charge in [-0.25, -0.2) is 0 Å². The normalized spacial score (nSPS) is 16.2. The largest absolute Gasteiger partial charge is 0.361 e. The van der Waals surface area contributed by atoms with Crippen LogP contribution in [0.25, 0.3) is 0 Å². The minimum absolute atomic E-state index is 0.167. The van der Waals surface area contributed by atoms with E-state index >= 15 is 0 Å². The molecule has 1 aliphatic rings. The average Bonchev–Trinajstić information content (AvgIpc) is 3.17. The summed E-state index contributed by atoms with van der Waals surface area (Å²) in [6, 6.07) is 3.83. The molecule has 0 spiro atoms. The molecule has 1 saturated heterocycles. The molecular weight excluding hydrogens is 298 g/mol. The van der Waals surface area contributed by atoms with Crippen molar-refractivity contribution in [2.45, 2.75) is 20.3 Å². The van der Waals surface area contributed by atoms with Gasteiger partial charge in [-0.1, -0.05) is 11.2 Å². The van der Waals surface area contributed by atoms with Gasteiger partial charge in [-0.3, -0.25) is 9.69 Å². The van der Waals surface area contributed by atoms with Crippen LogP contribution in [0.15, 0.2) is 22.0 Å². The molecule has 2 aromatic rings. The Morgan fingerprint density at radius 3 is 2.68 bits per heavy atom. The van der Waals surface area contributed by atoms with Crippen LogP contribution in [0, 0.1) is 13.8 Å².